The van der Waals surface area contributed by atoms with Crippen molar-refractivity contribution < 1.29 is 9.59 Å². The maximum absolute atomic E-state index is 12.8. The maximum atomic E-state index is 12.8. The van der Waals surface area contributed by atoms with Crippen molar-refractivity contribution in [2.45, 2.75) is 20.0 Å². The van der Waals surface area contributed by atoms with Gasteiger partial charge in [-0.2, -0.15) is 9.67 Å². The molecule has 0 spiro atoms. The number of fused-ring (bicyclic) bond motifs is 1. The molecule has 1 N–H and O–H groups in total. The van der Waals surface area contributed by atoms with Crippen molar-refractivity contribution in [1.29, 1.82) is 0 Å². The van der Waals surface area contributed by atoms with Gasteiger partial charge in [0.2, 0.25) is 5.91 Å². The molecule has 1 aromatic carbocycles. The van der Waals surface area contributed by atoms with Crippen LogP contribution >= 0.6 is 11.3 Å². The van der Waals surface area contributed by atoms with Gasteiger partial charge in [-0.1, -0.05) is 17.7 Å². The Morgan fingerprint density at radius 2 is 2.04 bits per heavy atom. The van der Waals surface area contributed by atoms with Crippen LogP contribution in [0.1, 0.15) is 11.4 Å². The van der Waals surface area contributed by atoms with Gasteiger partial charge < -0.3 is 5.32 Å². The number of carbonyl (C=O) groups is 2. The topological polar surface area (TPSA) is 102 Å². The van der Waals surface area contributed by atoms with E-state index in [1.807, 2.05) is 31.2 Å². The first-order chi connectivity index (χ1) is 12.5. The Morgan fingerprint density at radius 1 is 1.27 bits per heavy atom. The Labute approximate surface area is 151 Å². The van der Waals surface area contributed by atoms with Gasteiger partial charge >= 0.3 is 11.7 Å². The molecule has 1 aliphatic rings. The second kappa shape index (κ2) is 6.23. The zero-order valence-corrected chi connectivity index (χ0v) is 14.6. The fraction of sp³-hybridized carbons (Fsp3) is 0.188. The Hall–Kier alpha value is -3.27. The number of thiazole rings is 1. The number of carbonyl (C=O) groups excluding carboxylic acids is 2. The fourth-order valence-corrected chi connectivity index (χ4v) is 3.27. The number of nitrogens with one attached hydrogen (secondary N) is 1. The van der Waals surface area contributed by atoms with Gasteiger partial charge in [-0.25, -0.2) is 19.3 Å². The van der Waals surface area contributed by atoms with Gasteiger partial charge in [0, 0.05) is 17.3 Å². The van der Waals surface area contributed by atoms with Crippen LogP contribution in [0.4, 0.5) is 15.6 Å². The Morgan fingerprint density at radius 3 is 2.73 bits per heavy atom. The van der Waals surface area contributed by atoms with Gasteiger partial charge in [-0.15, -0.1) is 11.3 Å². The van der Waals surface area contributed by atoms with Crippen LogP contribution in [0.25, 0.3) is 0 Å². The van der Waals surface area contributed by atoms with E-state index >= 15 is 0 Å². The molecule has 1 aliphatic heterocycles. The van der Waals surface area contributed by atoms with Crippen LogP contribution in [0.2, 0.25) is 0 Å². The summed E-state index contributed by atoms with van der Waals surface area (Å²) in [7, 11) is 0. The molecule has 2 aromatic heterocycles. The van der Waals surface area contributed by atoms with E-state index in [0.717, 1.165) is 14.9 Å². The lowest BCUT2D eigenvalue weighted by atomic mass is 10.2. The summed E-state index contributed by atoms with van der Waals surface area (Å²) in [6, 6.07) is 7.05. The summed E-state index contributed by atoms with van der Waals surface area (Å²) in [5.41, 5.74) is 1.15. The van der Waals surface area contributed by atoms with E-state index in [-0.39, 0.29) is 13.1 Å². The lowest BCUT2D eigenvalue weighted by Crippen LogP contribution is -2.36. The first-order valence-corrected chi connectivity index (χ1v) is 8.67. The summed E-state index contributed by atoms with van der Waals surface area (Å²) >= 11 is 1.26. The molecular weight excluding hydrogens is 356 g/mol. The van der Waals surface area contributed by atoms with E-state index < -0.39 is 17.6 Å². The van der Waals surface area contributed by atoms with Crippen LogP contribution in [0.15, 0.2) is 40.6 Å². The molecule has 0 saturated heterocycles. The highest BCUT2D eigenvalue weighted by molar-refractivity contribution is 7.13. The number of aromatic nitrogens is 4. The van der Waals surface area contributed by atoms with Crippen molar-refractivity contribution in [2.24, 2.45) is 0 Å². The molecule has 3 heterocycles. The van der Waals surface area contributed by atoms with Crippen LogP contribution in [0, 0.1) is 6.92 Å². The third-order valence-electron chi connectivity index (χ3n) is 3.96. The molecule has 3 aromatic rings. The predicted molar refractivity (Wildman–Crippen MR) is 95.4 cm³/mol. The molecule has 0 saturated carbocycles. The van der Waals surface area contributed by atoms with E-state index in [0.29, 0.717) is 16.6 Å². The number of amides is 2. The summed E-state index contributed by atoms with van der Waals surface area (Å²) in [6.45, 7) is 1.82. The highest BCUT2D eigenvalue weighted by Crippen LogP contribution is 2.23. The number of aryl methyl sites for hydroxylation is 1. The Kier molecular flexibility index (Phi) is 3.88. The van der Waals surface area contributed by atoms with Crippen LogP contribution in [0.3, 0.4) is 0 Å². The van der Waals surface area contributed by atoms with Gasteiger partial charge in [-0.3, -0.25) is 9.69 Å². The molecule has 2 amide bonds. The molecule has 26 heavy (non-hydrogen) atoms. The van der Waals surface area contributed by atoms with Crippen molar-refractivity contribution in [1.82, 2.24) is 19.3 Å². The molecule has 0 bridgehead atoms. The molecule has 10 heteroatoms. The van der Waals surface area contributed by atoms with Crippen molar-refractivity contribution in [3.8, 4) is 0 Å². The van der Waals surface area contributed by atoms with E-state index in [1.54, 1.807) is 11.6 Å². The van der Waals surface area contributed by atoms with Gasteiger partial charge in [0.05, 0.1) is 6.54 Å². The van der Waals surface area contributed by atoms with E-state index in [4.69, 9.17) is 0 Å². The molecule has 0 radical (unpaired) electrons. The van der Waals surface area contributed by atoms with Gasteiger partial charge in [0.15, 0.2) is 11.0 Å². The summed E-state index contributed by atoms with van der Waals surface area (Å²) in [4.78, 5) is 46.4. The number of anilines is 2. The monoisotopic (exact) mass is 370 g/mol. The summed E-state index contributed by atoms with van der Waals surface area (Å²) in [5.74, 6) is -0.144. The summed E-state index contributed by atoms with van der Waals surface area (Å²) < 4.78 is 2.19. The van der Waals surface area contributed by atoms with Gasteiger partial charge in [0.25, 0.3) is 0 Å². The van der Waals surface area contributed by atoms with E-state index in [9.17, 15) is 14.4 Å². The van der Waals surface area contributed by atoms with Crippen LogP contribution < -0.4 is 15.9 Å². The van der Waals surface area contributed by atoms with Crippen molar-refractivity contribution in [2.75, 3.05) is 10.2 Å². The zero-order chi connectivity index (χ0) is 18.3. The normalized spacial score (nSPS) is 13.1. The lowest BCUT2D eigenvalue weighted by Gasteiger charge is -2.15. The van der Waals surface area contributed by atoms with Crippen molar-refractivity contribution >= 4 is 34.1 Å². The zero-order valence-electron chi connectivity index (χ0n) is 13.7. The molecule has 0 aliphatic carbocycles. The third kappa shape index (κ3) is 2.80. The fourth-order valence-electron chi connectivity index (χ4n) is 2.72. The van der Waals surface area contributed by atoms with Gasteiger partial charge in [0.1, 0.15) is 6.54 Å². The molecule has 0 atom stereocenters. The highest BCUT2D eigenvalue weighted by atomic mass is 32.1. The molecule has 4 rings (SSSR count). The standard InChI is InChI=1S/C16H14N6O3S/c1-10-2-4-11(5-3-10)20-8-12-18-15(24)21(22(12)16(20)25)9-13(23)19-14-17-6-7-26-14/h2-7H,8-9H2,1H3,(H,17,19,23). The molecule has 9 nitrogen and oxygen atoms in total. The second-order valence-electron chi connectivity index (χ2n) is 5.77. The second-order valence-corrected chi connectivity index (χ2v) is 6.66. The number of hydrogen-bond donors (Lipinski definition) is 1. The average Bonchev–Trinajstić information content (AvgIpc) is 3.29. The minimum absolute atomic E-state index is 0.179. The van der Waals surface area contributed by atoms with Gasteiger partial charge in [-0.05, 0) is 19.1 Å². The third-order valence-corrected chi connectivity index (χ3v) is 4.65. The van der Waals surface area contributed by atoms with E-state index in [2.05, 4.69) is 15.3 Å². The summed E-state index contributed by atoms with van der Waals surface area (Å²) in [5, 5.41) is 4.74. The quantitative estimate of drug-likeness (QED) is 0.749. The number of nitrogens with zero attached hydrogens (tertiary/aromatic N) is 5. The first-order valence-electron chi connectivity index (χ1n) is 7.79. The summed E-state index contributed by atoms with van der Waals surface area (Å²) in [6.07, 6.45) is 1.56. The smallest absolute Gasteiger partial charge is 0.300 e. The van der Waals surface area contributed by atoms with Crippen LogP contribution in [0.5, 0.6) is 0 Å². The van der Waals surface area contributed by atoms with Crippen LogP contribution in [-0.4, -0.2) is 31.3 Å². The lowest BCUT2D eigenvalue weighted by molar-refractivity contribution is -0.117. The number of hydrogen-bond acceptors (Lipinski definition) is 6. The maximum Gasteiger partial charge on any atom is 0.365 e. The SMILES string of the molecule is Cc1ccc(N2Cc3nc(=O)n(CC(=O)Nc4nccs4)n3C2=O)cc1. The minimum Gasteiger partial charge on any atom is -0.300 e. The molecule has 132 valence electrons. The largest absolute Gasteiger partial charge is 0.365 e. The van der Waals surface area contributed by atoms with Crippen molar-refractivity contribution in [3.05, 3.63) is 57.7 Å². The Balaban J connectivity index is 1.59. The molecule has 0 unspecified atom stereocenters. The average molecular weight is 370 g/mol. The Bertz CT molecular complexity index is 1040. The van der Waals surface area contributed by atoms with E-state index in [1.165, 1.54) is 16.2 Å². The van der Waals surface area contributed by atoms with Crippen molar-refractivity contribution in [3.63, 3.8) is 0 Å². The predicted octanol–water partition coefficient (Wildman–Crippen LogP) is 1.44. The molecule has 0 fully saturated rings. The number of benzene rings is 1. The highest BCUT2D eigenvalue weighted by Gasteiger charge is 2.33. The molecular formula is C16H14N6O3S. The minimum atomic E-state index is -0.633. The first kappa shape index (κ1) is 16.2. The van der Waals surface area contributed by atoms with Crippen LogP contribution in [-0.2, 0) is 17.9 Å². The number of rotatable bonds is 4.